The molecule has 0 saturated heterocycles. The Labute approximate surface area is 213 Å². The maximum absolute atomic E-state index is 6.07. The summed E-state index contributed by atoms with van der Waals surface area (Å²) in [5.74, 6) is 2.22. The highest BCUT2D eigenvalue weighted by molar-refractivity contribution is 6.00. The number of fused-ring (bicyclic) bond motifs is 1. The molecule has 3 aromatic heterocycles. The Bertz CT molecular complexity index is 1690. The molecule has 4 N–H and O–H groups in total. The summed E-state index contributed by atoms with van der Waals surface area (Å²) >= 11 is 0. The van der Waals surface area contributed by atoms with Gasteiger partial charge in [0.2, 0.25) is 5.88 Å². The first-order valence-corrected chi connectivity index (χ1v) is 11.8. The van der Waals surface area contributed by atoms with E-state index in [0.717, 1.165) is 38.8 Å². The van der Waals surface area contributed by atoms with Crippen LogP contribution < -0.4 is 15.8 Å². The number of hydrogen-bond donors (Lipinski definition) is 3. The fraction of sp³-hybridized carbons (Fsp3) is 0.0345. The number of ether oxygens (including phenoxy) is 1. The van der Waals surface area contributed by atoms with E-state index in [0.29, 0.717) is 23.3 Å². The number of aromatic nitrogens is 5. The summed E-state index contributed by atoms with van der Waals surface area (Å²) in [4.78, 5) is 4.38. The Morgan fingerprint density at radius 2 is 1.59 bits per heavy atom. The van der Waals surface area contributed by atoms with Gasteiger partial charge in [-0.05, 0) is 43.3 Å². The third-order valence-electron chi connectivity index (χ3n) is 6.07. The minimum Gasteiger partial charge on any atom is -0.438 e. The lowest BCUT2D eigenvalue weighted by molar-refractivity contribution is 0.465. The standard InChI is InChI=1S/C29H23N7O/c1-18-8-10-19(11-9-18)26-22-5-2-3-6-23(22)28(36-34-26)33-20-12-14-21(15-13-20)37-29-24(7-4-16-31-29)25-17-32-35-27(25)30/h2-17H,1H3,(H,33,36)(H3,30,32,35). The van der Waals surface area contributed by atoms with Crippen LogP contribution in [0.3, 0.4) is 0 Å². The number of nitrogens with zero attached hydrogens (tertiary/aromatic N) is 4. The summed E-state index contributed by atoms with van der Waals surface area (Å²) in [7, 11) is 0. The van der Waals surface area contributed by atoms with Gasteiger partial charge in [0, 0.05) is 39.3 Å². The SMILES string of the molecule is Cc1ccc(-c2nnc(Nc3ccc(Oc4ncccc4-c4cn[nH]c4N)cc3)c3ccccc23)cc1. The summed E-state index contributed by atoms with van der Waals surface area (Å²) < 4.78 is 6.07. The summed E-state index contributed by atoms with van der Waals surface area (Å²) in [5, 5.41) is 21.2. The second-order valence-electron chi connectivity index (χ2n) is 8.61. The molecule has 8 nitrogen and oxygen atoms in total. The van der Waals surface area contributed by atoms with E-state index in [2.05, 4.69) is 68.0 Å². The van der Waals surface area contributed by atoms with Gasteiger partial charge in [-0.1, -0.05) is 54.1 Å². The average molecular weight is 486 g/mol. The maximum Gasteiger partial charge on any atom is 0.227 e. The highest BCUT2D eigenvalue weighted by atomic mass is 16.5. The average Bonchev–Trinajstić information content (AvgIpc) is 3.36. The number of pyridine rings is 1. The van der Waals surface area contributed by atoms with E-state index in [1.165, 1.54) is 5.56 Å². The lowest BCUT2D eigenvalue weighted by Crippen LogP contribution is -1.99. The van der Waals surface area contributed by atoms with Crippen LogP contribution in [0, 0.1) is 6.92 Å². The molecule has 0 bridgehead atoms. The van der Waals surface area contributed by atoms with Crippen molar-refractivity contribution in [2.75, 3.05) is 11.1 Å². The van der Waals surface area contributed by atoms with E-state index in [1.807, 2.05) is 54.6 Å². The molecule has 0 atom stereocenters. The number of nitrogens with one attached hydrogen (secondary N) is 2. The van der Waals surface area contributed by atoms with E-state index < -0.39 is 0 Å². The molecule has 0 fully saturated rings. The Balaban J connectivity index is 1.26. The second-order valence-corrected chi connectivity index (χ2v) is 8.61. The molecule has 8 heteroatoms. The molecule has 0 spiro atoms. The molecule has 0 saturated carbocycles. The first-order valence-electron chi connectivity index (χ1n) is 11.8. The molecule has 0 aliphatic rings. The van der Waals surface area contributed by atoms with Crippen molar-refractivity contribution in [3.8, 4) is 34.0 Å². The van der Waals surface area contributed by atoms with Crippen molar-refractivity contribution in [1.82, 2.24) is 25.4 Å². The zero-order valence-electron chi connectivity index (χ0n) is 20.0. The van der Waals surface area contributed by atoms with Crippen molar-refractivity contribution in [3.63, 3.8) is 0 Å². The molecule has 180 valence electrons. The second kappa shape index (κ2) is 9.43. The van der Waals surface area contributed by atoms with Gasteiger partial charge in [0.05, 0.1) is 6.20 Å². The zero-order chi connectivity index (χ0) is 25.2. The van der Waals surface area contributed by atoms with Gasteiger partial charge < -0.3 is 15.8 Å². The van der Waals surface area contributed by atoms with Gasteiger partial charge in [0.15, 0.2) is 5.82 Å². The van der Waals surface area contributed by atoms with Gasteiger partial charge in [-0.25, -0.2) is 4.98 Å². The molecule has 3 heterocycles. The molecule has 6 aromatic rings. The quantitative estimate of drug-likeness (QED) is 0.246. The lowest BCUT2D eigenvalue weighted by Gasteiger charge is -2.12. The molecular formula is C29H23N7O. The predicted molar refractivity (Wildman–Crippen MR) is 146 cm³/mol. The molecular weight excluding hydrogens is 462 g/mol. The van der Waals surface area contributed by atoms with Gasteiger partial charge in [-0.3, -0.25) is 5.10 Å². The normalized spacial score (nSPS) is 10.9. The largest absolute Gasteiger partial charge is 0.438 e. The van der Waals surface area contributed by atoms with Crippen LogP contribution in [0.1, 0.15) is 5.56 Å². The van der Waals surface area contributed by atoms with Gasteiger partial charge in [-0.15, -0.1) is 10.2 Å². The van der Waals surface area contributed by atoms with E-state index in [4.69, 9.17) is 10.5 Å². The van der Waals surface area contributed by atoms with Crippen LogP contribution >= 0.6 is 0 Å². The first kappa shape index (κ1) is 22.2. The third-order valence-corrected chi connectivity index (χ3v) is 6.07. The number of rotatable bonds is 6. The fourth-order valence-electron chi connectivity index (χ4n) is 4.16. The van der Waals surface area contributed by atoms with E-state index in [1.54, 1.807) is 12.4 Å². The van der Waals surface area contributed by atoms with Crippen molar-refractivity contribution in [2.24, 2.45) is 0 Å². The fourth-order valence-corrected chi connectivity index (χ4v) is 4.16. The summed E-state index contributed by atoms with van der Waals surface area (Å²) in [5.41, 5.74) is 11.4. The Hall–Kier alpha value is -5.24. The van der Waals surface area contributed by atoms with E-state index >= 15 is 0 Å². The monoisotopic (exact) mass is 485 g/mol. The van der Waals surface area contributed by atoms with Gasteiger partial charge in [0.1, 0.15) is 17.3 Å². The number of H-pyrrole nitrogens is 1. The molecule has 6 rings (SSSR count). The summed E-state index contributed by atoms with van der Waals surface area (Å²) in [6.45, 7) is 2.07. The molecule has 0 aliphatic heterocycles. The number of benzene rings is 3. The van der Waals surface area contributed by atoms with Crippen LogP contribution in [0.5, 0.6) is 11.6 Å². The molecule has 0 unspecified atom stereocenters. The van der Waals surface area contributed by atoms with Crippen molar-refractivity contribution < 1.29 is 4.74 Å². The highest BCUT2D eigenvalue weighted by Gasteiger charge is 2.14. The zero-order valence-corrected chi connectivity index (χ0v) is 20.0. The number of nitrogens with two attached hydrogens (primary N) is 1. The van der Waals surface area contributed by atoms with Crippen LogP contribution in [-0.2, 0) is 0 Å². The number of anilines is 3. The molecule has 0 amide bonds. The molecule has 3 aromatic carbocycles. The number of nitrogen functional groups attached to an aromatic ring is 1. The van der Waals surface area contributed by atoms with Crippen molar-refractivity contribution in [2.45, 2.75) is 6.92 Å². The van der Waals surface area contributed by atoms with E-state index in [-0.39, 0.29) is 0 Å². The minimum atomic E-state index is 0.444. The molecule has 0 radical (unpaired) electrons. The third kappa shape index (κ3) is 4.43. The van der Waals surface area contributed by atoms with Crippen LogP contribution in [0.15, 0.2) is 97.3 Å². The van der Waals surface area contributed by atoms with Crippen molar-refractivity contribution >= 4 is 28.1 Å². The predicted octanol–water partition coefficient (Wildman–Crippen LogP) is 6.51. The minimum absolute atomic E-state index is 0.444. The Kier molecular flexibility index (Phi) is 5.67. The molecule has 37 heavy (non-hydrogen) atoms. The Morgan fingerprint density at radius 3 is 2.35 bits per heavy atom. The van der Waals surface area contributed by atoms with Crippen LogP contribution in [0.25, 0.3) is 33.2 Å². The smallest absolute Gasteiger partial charge is 0.227 e. The van der Waals surface area contributed by atoms with Crippen LogP contribution in [0.2, 0.25) is 0 Å². The Morgan fingerprint density at radius 1 is 0.811 bits per heavy atom. The van der Waals surface area contributed by atoms with Crippen LogP contribution in [0.4, 0.5) is 17.3 Å². The van der Waals surface area contributed by atoms with Crippen LogP contribution in [-0.4, -0.2) is 25.4 Å². The molecule has 0 aliphatic carbocycles. The maximum atomic E-state index is 6.07. The van der Waals surface area contributed by atoms with Gasteiger partial charge in [0.25, 0.3) is 0 Å². The number of aromatic amines is 1. The van der Waals surface area contributed by atoms with E-state index in [9.17, 15) is 0 Å². The number of hydrogen-bond acceptors (Lipinski definition) is 7. The first-order chi connectivity index (χ1) is 18.2. The summed E-state index contributed by atoms with van der Waals surface area (Å²) in [6, 6.07) is 27.8. The van der Waals surface area contributed by atoms with Gasteiger partial charge >= 0.3 is 0 Å². The van der Waals surface area contributed by atoms with Crippen molar-refractivity contribution in [1.29, 1.82) is 0 Å². The lowest BCUT2D eigenvalue weighted by atomic mass is 10.0. The van der Waals surface area contributed by atoms with Gasteiger partial charge in [-0.2, -0.15) is 5.10 Å². The van der Waals surface area contributed by atoms with Crippen molar-refractivity contribution in [3.05, 3.63) is 103 Å². The topological polar surface area (TPSA) is 115 Å². The highest BCUT2D eigenvalue weighted by Crippen LogP contribution is 2.35. The summed E-state index contributed by atoms with van der Waals surface area (Å²) in [6.07, 6.45) is 3.33. The number of aryl methyl sites for hydroxylation is 1.